The Morgan fingerprint density at radius 1 is 1.22 bits per heavy atom. The van der Waals surface area contributed by atoms with Crippen LogP contribution in [0.15, 0.2) is 30.6 Å². The number of ether oxygens (including phenoxy) is 1. The number of methoxy groups -OCH3 is 1. The third-order valence-electron chi connectivity index (χ3n) is 4.55. The van der Waals surface area contributed by atoms with Crippen molar-refractivity contribution in [1.82, 2.24) is 25.1 Å². The molecule has 0 aliphatic carbocycles. The number of nitrogens with zero attached hydrogens (tertiary/aromatic N) is 5. The maximum atomic E-state index is 12.6. The third-order valence-corrected chi connectivity index (χ3v) is 4.55. The topological polar surface area (TPSA) is 97.2 Å². The fraction of sp³-hybridized carbons (Fsp3) is 0.333. The lowest BCUT2D eigenvalue weighted by Crippen LogP contribution is -2.43. The zero-order valence-corrected chi connectivity index (χ0v) is 15.3. The number of carbonyl (C=O) groups excluding carboxylic acids is 1. The standard InChI is InChI=1S/C18H21N7O2/c1-24-18(27-2)13-9-12(3-4-14(13)23-24)17(26)22-15-10-21-16(11-20-15)25-7-5-19-6-8-25/h3-4,9-11,19H,5-8H2,1-2H3,(H,20,22,26). The van der Waals surface area contributed by atoms with Crippen LogP contribution in [0.25, 0.3) is 10.9 Å². The van der Waals surface area contributed by atoms with Crippen LogP contribution >= 0.6 is 0 Å². The number of carbonyl (C=O) groups is 1. The minimum Gasteiger partial charge on any atom is -0.481 e. The molecule has 0 atom stereocenters. The van der Waals surface area contributed by atoms with Gasteiger partial charge in [-0.1, -0.05) is 0 Å². The van der Waals surface area contributed by atoms with Crippen molar-refractivity contribution >= 4 is 28.4 Å². The number of rotatable bonds is 4. The number of piperazine rings is 1. The predicted octanol–water partition coefficient (Wildman–Crippen LogP) is 1.03. The van der Waals surface area contributed by atoms with Crippen molar-refractivity contribution in [2.24, 2.45) is 7.05 Å². The van der Waals surface area contributed by atoms with Crippen LogP contribution in [-0.4, -0.2) is 58.9 Å². The van der Waals surface area contributed by atoms with Crippen LogP contribution in [0.4, 0.5) is 11.6 Å². The van der Waals surface area contributed by atoms with E-state index in [1.807, 2.05) is 0 Å². The largest absolute Gasteiger partial charge is 0.481 e. The molecule has 1 amide bonds. The Hall–Kier alpha value is -3.20. The average Bonchev–Trinajstić information content (AvgIpc) is 3.03. The molecule has 1 aliphatic heterocycles. The van der Waals surface area contributed by atoms with Crippen molar-refractivity contribution < 1.29 is 9.53 Å². The summed E-state index contributed by atoms with van der Waals surface area (Å²) >= 11 is 0. The van der Waals surface area contributed by atoms with Gasteiger partial charge in [-0.2, -0.15) is 5.10 Å². The first-order chi connectivity index (χ1) is 13.2. The van der Waals surface area contributed by atoms with Crippen molar-refractivity contribution in [3.8, 4) is 5.88 Å². The molecule has 2 aromatic heterocycles. The SMILES string of the molecule is COc1c2cc(C(=O)Nc3cnc(N4CCNCC4)cn3)ccc2nn1C. The minimum atomic E-state index is -0.257. The molecule has 2 N–H and O–H groups in total. The summed E-state index contributed by atoms with van der Waals surface area (Å²) in [7, 11) is 3.38. The van der Waals surface area contributed by atoms with Gasteiger partial charge in [-0.25, -0.2) is 14.6 Å². The lowest BCUT2D eigenvalue weighted by atomic mass is 10.1. The Kier molecular flexibility index (Phi) is 4.59. The van der Waals surface area contributed by atoms with Crippen LogP contribution in [-0.2, 0) is 7.05 Å². The molecule has 27 heavy (non-hydrogen) atoms. The second-order valence-electron chi connectivity index (χ2n) is 6.32. The molecule has 0 unspecified atom stereocenters. The van der Waals surface area contributed by atoms with Gasteiger partial charge in [0, 0.05) is 38.8 Å². The van der Waals surface area contributed by atoms with E-state index >= 15 is 0 Å². The second-order valence-corrected chi connectivity index (χ2v) is 6.32. The van der Waals surface area contributed by atoms with E-state index in [0.29, 0.717) is 17.3 Å². The Balaban J connectivity index is 1.50. The van der Waals surface area contributed by atoms with Crippen molar-refractivity contribution in [3.05, 3.63) is 36.2 Å². The van der Waals surface area contributed by atoms with Gasteiger partial charge in [-0.05, 0) is 18.2 Å². The number of aryl methyl sites for hydroxylation is 1. The summed E-state index contributed by atoms with van der Waals surface area (Å²) in [5, 5.41) is 11.2. The molecule has 140 valence electrons. The summed E-state index contributed by atoms with van der Waals surface area (Å²) in [5.74, 6) is 1.58. The molecular formula is C18H21N7O2. The Morgan fingerprint density at radius 2 is 2.04 bits per heavy atom. The van der Waals surface area contributed by atoms with E-state index < -0.39 is 0 Å². The van der Waals surface area contributed by atoms with Crippen LogP contribution in [0, 0.1) is 0 Å². The Labute approximate surface area is 156 Å². The van der Waals surface area contributed by atoms with Gasteiger partial charge in [-0.15, -0.1) is 0 Å². The molecule has 1 aromatic carbocycles. The van der Waals surface area contributed by atoms with Gasteiger partial charge >= 0.3 is 0 Å². The summed E-state index contributed by atoms with van der Waals surface area (Å²) in [6, 6.07) is 5.29. The van der Waals surface area contributed by atoms with E-state index in [1.54, 1.807) is 49.4 Å². The first-order valence-electron chi connectivity index (χ1n) is 8.75. The highest BCUT2D eigenvalue weighted by molar-refractivity contribution is 6.06. The number of benzene rings is 1. The zero-order chi connectivity index (χ0) is 18.8. The van der Waals surface area contributed by atoms with Crippen molar-refractivity contribution in [2.75, 3.05) is 43.5 Å². The minimum absolute atomic E-state index is 0.257. The van der Waals surface area contributed by atoms with Crippen LogP contribution in [0.5, 0.6) is 5.88 Å². The zero-order valence-electron chi connectivity index (χ0n) is 15.3. The number of anilines is 2. The molecule has 1 saturated heterocycles. The second kappa shape index (κ2) is 7.20. The van der Waals surface area contributed by atoms with Gasteiger partial charge in [0.25, 0.3) is 5.91 Å². The van der Waals surface area contributed by atoms with E-state index in [1.165, 1.54) is 0 Å². The van der Waals surface area contributed by atoms with Gasteiger partial charge < -0.3 is 20.3 Å². The van der Waals surface area contributed by atoms with Crippen LogP contribution in [0.3, 0.4) is 0 Å². The molecule has 3 aromatic rings. The van der Waals surface area contributed by atoms with Gasteiger partial charge in [0.2, 0.25) is 5.88 Å². The Morgan fingerprint density at radius 3 is 2.74 bits per heavy atom. The van der Waals surface area contributed by atoms with Gasteiger partial charge in [0.1, 0.15) is 5.82 Å². The summed E-state index contributed by atoms with van der Waals surface area (Å²) in [5.41, 5.74) is 1.27. The van der Waals surface area contributed by atoms with Gasteiger partial charge in [0.05, 0.1) is 30.4 Å². The van der Waals surface area contributed by atoms with Crippen molar-refractivity contribution in [3.63, 3.8) is 0 Å². The Bertz CT molecular complexity index is 962. The summed E-state index contributed by atoms with van der Waals surface area (Å²) in [4.78, 5) is 23.5. The molecular weight excluding hydrogens is 346 g/mol. The average molecular weight is 367 g/mol. The number of fused-ring (bicyclic) bond motifs is 1. The molecule has 0 spiro atoms. The smallest absolute Gasteiger partial charge is 0.256 e. The summed E-state index contributed by atoms with van der Waals surface area (Å²) in [6.07, 6.45) is 3.27. The highest BCUT2D eigenvalue weighted by atomic mass is 16.5. The predicted molar refractivity (Wildman–Crippen MR) is 102 cm³/mol. The first-order valence-corrected chi connectivity index (χ1v) is 8.75. The molecule has 9 heteroatoms. The van der Waals surface area contributed by atoms with E-state index in [2.05, 4.69) is 30.6 Å². The fourth-order valence-electron chi connectivity index (χ4n) is 3.19. The number of amides is 1. The molecule has 4 rings (SSSR count). The number of nitrogens with one attached hydrogen (secondary N) is 2. The number of hydrogen-bond acceptors (Lipinski definition) is 7. The maximum Gasteiger partial charge on any atom is 0.256 e. The monoisotopic (exact) mass is 367 g/mol. The van der Waals surface area contributed by atoms with E-state index in [4.69, 9.17) is 4.74 Å². The molecule has 0 saturated carbocycles. The van der Waals surface area contributed by atoms with Gasteiger partial charge in [0.15, 0.2) is 5.82 Å². The van der Waals surface area contributed by atoms with E-state index in [-0.39, 0.29) is 5.91 Å². The van der Waals surface area contributed by atoms with Crippen LogP contribution in [0.1, 0.15) is 10.4 Å². The molecule has 3 heterocycles. The lowest BCUT2D eigenvalue weighted by molar-refractivity contribution is 0.102. The van der Waals surface area contributed by atoms with E-state index in [9.17, 15) is 4.79 Å². The van der Waals surface area contributed by atoms with Crippen molar-refractivity contribution in [2.45, 2.75) is 0 Å². The highest BCUT2D eigenvalue weighted by Crippen LogP contribution is 2.25. The van der Waals surface area contributed by atoms with E-state index in [0.717, 1.165) is 42.9 Å². The maximum absolute atomic E-state index is 12.6. The fourth-order valence-corrected chi connectivity index (χ4v) is 3.19. The molecule has 1 fully saturated rings. The molecule has 9 nitrogen and oxygen atoms in total. The molecule has 1 aliphatic rings. The van der Waals surface area contributed by atoms with Crippen LogP contribution in [0.2, 0.25) is 0 Å². The summed E-state index contributed by atoms with van der Waals surface area (Å²) in [6.45, 7) is 3.65. The molecule has 0 bridgehead atoms. The molecule has 0 radical (unpaired) electrons. The number of hydrogen-bond donors (Lipinski definition) is 2. The highest BCUT2D eigenvalue weighted by Gasteiger charge is 2.15. The quantitative estimate of drug-likeness (QED) is 0.711. The third kappa shape index (κ3) is 3.41. The summed E-state index contributed by atoms with van der Waals surface area (Å²) < 4.78 is 7.00. The number of aromatic nitrogens is 4. The van der Waals surface area contributed by atoms with Gasteiger partial charge in [-0.3, -0.25) is 4.79 Å². The first kappa shape index (κ1) is 17.2. The normalized spacial score (nSPS) is 14.4. The lowest BCUT2D eigenvalue weighted by Gasteiger charge is -2.28. The van der Waals surface area contributed by atoms with Crippen molar-refractivity contribution in [1.29, 1.82) is 0 Å². The van der Waals surface area contributed by atoms with Crippen LogP contribution < -0.4 is 20.3 Å².